The van der Waals surface area contributed by atoms with Crippen LogP contribution in [0.4, 0.5) is 0 Å². The summed E-state index contributed by atoms with van der Waals surface area (Å²) in [5.74, 6) is 3.03. The van der Waals surface area contributed by atoms with Gasteiger partial charge in [0.15, 0.2) is 5.96 Å². The van der Waals surface area contributed by atoms with E-state index in [4.69, 9.17) is 4.74 Å². The number of likely N-dealkylation sites (tertiary alicyclic amines) is 1. The molecule has 2 N–H and O–H groups in total. The van der Waals surface area contributed by atoms with Crippen molar-refractivity contribution in [3.05, 3.63) is 52.2 Å². The number of nitrogens with zero attached hydrogens (tertiary/aromatic N) is 2. The average molecular weight is 415 g/mol. The fourth-order valence-electron chi connectivity index (χ4n) is 3.72. The lowest BCUT2D eigenvalue weighted by Crippen LogP contribution is -2.43. The highest BCUT2D eigenvalue weighted by Crippen LogP contribution is 2.21. The summed E-state index contributed by atoms with van der Waals surface area (Å²) in [4.78, 5) is 8.35. The largest absolute Gasteiger partial charge is 0.497 e. The van der Waals surface area contributed by atoms with Gasteiger partial charge in [0, 0.05) is 37.5 Å². The SMILES string of the molecule is CN=C(NCC1CCN(Cc2ccc(OC)cc2)CC1)NCC(C)c1cccs1. The lowest BCUT2D eigenvalue weighted by atomic mass is 9.96. The maximum absolute atomic E-state index is 5.24. The normalized spacial score (nSPS) is 17.1. The zero-order valence-corrected chi connectivity index (χ0v) is 18.7. The molecule has 5 nitrogen and oxygen atoms in total. The van der Waals surface area contributed by atoms with E-state index in [9.17, 15) is 0 Å². The number of piperidine rings is 1. The summed E-state index contributed by atoms with van der Waals surface area (Å²) in [6, 6.07) is 12.7. The van der Waals surface area contributed by atoms with Gasteiger partial charge in [0.25, 0.3) is 0 Å². The Morgan fingerprint density at radius 2 is 1.97 bits per heavy atom. The lowest BCUT2D eigenvalue weighted by Gasteiger charge is -2.32. The highest BCUT2D eigenvalue weighted by molar-refractivity contribution is 7.10. The van der Waals surface area contributed by atoms with E-state index < -0.39 is 0 Å². The van der Waals surface area contributed by atoms with Crippen LogP contribution in [0.1, 0.15) is 36.1 Å². The Balaban J connectivity index is 1.35. The number of thiophene rings is 1. The Kier molecular flexibility index (Phi) is 8.38. The molecule has 1 aliphatic rings. The summed E-state index contributed by atoms with van der Waals surface area (Å²) in [6.45, 7) is 7.47. The smallest absolute Gasteiger partial charge is 0.191 e. The van der Waals surface area contributed by atoms with Crippen LogP contribution in [0.5, 0.6) is 5.75 Å². The summed E-state index contributed by atoms with van der Waals surface area (Å²) in [5.41, 5.74) is 1.35. The van der Waals surface area contributed by atoms with Crippen LogP contribution in [-0.2, 0) is 6.54 Å². The van der Waals surface area contributed by atoms with Crippen LogP contribution in [0.15, 0.2) is 46.8 Å². The van der Waals surface area contributed by atoms with Crippen molar-refractivity contribution in [1.82, 2.24) is 15.5 Å². The number of guanidine groups is 1. The molecule has 1 fully saturated rings. The van der Waals surface area contributed by atoms with Gasteiger partial charge in [0.2, 0.25) is 0 Å². The molecule has 29 heavy (non-hydrogen) atoms. The van der Waals surface area contributed by atoms with Gasteiger partial charge >= 0.3 is 0 Å². The molecule has 1 aromatic carbocycles. The van der Waals surface area contributed by atoms with Crippen molar-refractivity contribution < 1.29 is 4.74 Å². The van der Waals surface area contributed by atoms with Gasteiger partial charge in [-0.25, -0.2) is 0 Å². The molecule has 3 rings (SSSR count). The Hall–Kier alpha value is -2.05. The first-order valence-corrected chi connectivity index (χ1v) is 11.4. The predicted octanol–water partition coefficient (Wildman–Crippen LogP) is 3.94. The topological polar surface area (TPSA) is 48.9 Å². The molecule has 0 saturated carbocycles. The number of methoxy groups -OCH3 is 1. The standard InChI is InChI=1S/C23H34N4OS/c1-18(22-5-4-14-29-22)15-25-23(24-2)26-16-19-10-12-27(13-11-19)17-20-6-8-21(28-3)9-7-20/h4-9,14,18-19H,10-13,15-17H2,1-3H3,(H2,24,25,26). The number of rotatable bonds is 8. The van der Waals surface area contributed by atoms with Crippen molar-refractivity contribution in [1.29, 1.82) is 0 Å². The number of benzene rings is 1. The minimum absolute atomic E-state index is 0.495. The molecule has 1 saturated heterocycles. The predicted molar refractivity (Wildman–Crippen MR) is 123 cm³/mol. The minimum atomic E-state index is 0.495. The van der Waals surface area contributed by atoms with E-state index in [0.717, 1.165) is 44.4 Å². The van der Waals surface area contributed by atoms with E-state index in [1.54, 1.807) is 7.11 Å². The number of aliphatic imine (C=N–C) groups is 1. The Bertz CT molecular complexity index is 737. The van der Waals surface area contributed by atoms with E-state index >= 15 is 0 Å². The Labute approximate surface area is 179 Å². The molecule has 0 spiro atoms. The summed E-state index contributed by atoms with van der Waals surface area (Å²) in [7, 11) is 3.56. The third-order valence-electron chi connectivity index (χ3n) is 5.66. The van der Waals surface area contributed by atoms with Crippen molar-refractivity contribution in [2.24, 2.45) is 10.9 Å². The average Bonchev–Trinajstić information content (AvgIpc) is 3.30. The molecule has 0 amide bonds. The molecule has 158 valence electrons. The highest BCUT2D eigenvalue weighted by atomic mass is 32.1. The van der Waals surface area contributed by atoms with Crippen LogP contribution in [0.3, 0.4) is 0 Å². The summed E-state index contributed by atoms with van der Waals surface area (Å²) < 4.78 is 5.24. The second kappa shape index (κ2) is 11.2. The number of hydrogen-bond acceptors (Lipinski definition) is 4. The molecule has 0 bridgehead atoms. The van der Waals surface area contributed by atoms with Crippen molar-refractivity contribution in [3.8, 4) is 5.75 Å². The molecule has 1 atom stereocenters. The molecule has 1 aliphatic heterocycles. The third kappa shape index (κ3) is 6.75. The van der Waals surface area contributed by atoms with Gasteiger partial charge in [-0.2, -0.15) is 0 Å². The van der Waals surface area contributed by atoms with Gasteiger partial charge < -0.3 is 15.4 Å². The second-order valence-electron chi connectivity index (χ2n) is 7.82. The number of hydrogen-bond donors (Lipinski definition) is 2. The third-order valence-corrected chi connectivity index (χ3v) is 6.76. The van der Waals surface area contributed by atoms with Crippen LogP contribution >= 0.6 is 11.3 Å². The second-order valence-corrected chi connectivity index (χ2v) is 8.80. The van der Waals surface area contributed by atoms with Gasteiger partial charge in [-0.3, -0.25) is 9.89 Å². The van der Waals surface area contributed by atoms with Crippen LogP contribution < -0.4 is 15.4 Å². The lowest BCUT2D eigenvalue weighted by molar-refractivity contribution is 0.178. The molecule has 0 aliphatic carbocycles. The molecular weight excluding hydrogens is 380 g/mol. The molecule has 2 heterocycles. The van der Waals surface area contributed by atoms with E-state index in [1.165, 1.54) is 23.3 Å². The summed E-state index contributed by atoms with van der Waals surface area (Å²) in [6.07, 6.45) is 2.46. The molecule has 0 radical (unpaired) electrons. The highest BCUT2D eigenvalue weighted by Gasteiger charge is 2.19. The minimum Gasteiger partial charge on any atom is -0.497 e. The summed E-state index contributed by atoms with van der Waals surface area (Å²) >= 11 is 1.82. The van der Waals surface area contributed by atoms with Crippen LogP contribution in [-0.4, -0.2) is 51.2 Å². The fourth-order valence-corrected chi connectivity index (χ4v) is 4.51. The van der Waals surface area contributed by atoms with Crippen molar-refractivity contribution in [3.63, 3.8) is 0 Å². The van der Waals surface area contributed by atoms with Gasteiger partial charge in [-0.05, 0) is 61.0 Å². The molecule has 1 aromatic heterocycles. The molecular formula is C23H34N4OS. The van der Waals surface area contributed by atoms with Crippen molar-refractivity contribution >= 4 is 17.3 Å². The Morgan fingerprint density at radius 1 is 1.21 bits per heavy atom. The van der Waals surface area contributed by atoms with Crippen molar-refractivity contribution in [2.75, 3.05) is 40.3 Å². The monoisotopic (exact) mass is 414 g/mol. The maximum Gasteiger partial charge on any atom is 0.191 e. The van der Waals surface area contributed by atoms with Crippen LogP contribution in [0.25, 0.3) is 0 Å². The fraction of sp³-hybridized carbons (Fsp3) is 0.522. The molecule has 1 unspecified atom stereocenters. The van der Waals surface area contributed by atoms with E-state index in [2.05, 4.69) is 57.1 Å². The first kappa shape index (κ1) is 21.7. The van der Waals surface area contributed by atoms with Crippen molar-refractivity contribution in [2.45, 2.75) is 32.2 Å². The van der Waals surface area contributed by atoms with Gasteiger partial charge in [0.05, 0.1) is 7.11 Å². The molecule has 2 aromatic rings. The zero-order chi connectivity index (χ0) is 20.5. The first-order chi connectivity index (χ1) is 14.2. The molecule has 6 heteroatoms. The van der Waals surface area contributed by atoms with E-state index in [1.807, 2.05) is 30.5 Å². The maximum atomic E-state index is 5.24. The first-order valence-electron chi connectivity index (χ1n) is 10.5. The number of nitrogens with one attached hydrogen (secondary N) is 2. The quantitative estimate of drug-likeness (QED) is 0.507. The number of ether oxygens (including phenoxy) is 1. The van der Waals surface area contributed by atoms with Crippen LogP contribution in [0, 0.1) is 5.92 Å². The van der Waals surface area contributed by atoms with Gasteiger partial charge in [-0.1, -0.05) is 25.1 Å². The van der Waals surface area contributed by atoms with Gasteiger partial charge in [-0.15, -0.1) is 11.3 Å². The van der Waals surface area contributed by atoms with E-state index in [-0.39, 0.29) is 0 Å². The summed E-state index contributed by atoms with van der Waals surface area (Å²) in [5, 5.41) is 9.14. The zero-order valence-electron chi connectivity index (χ0n) is 17.9. The van der Waals surface area contributed by atoms with Crippen LogP contribution in [0.2, 0.25) is 0 Å². The van der Waals surface area contributed by atoms with Gasteiger partial charge in [0.1, 0.15) is 5.75 Å². The van der Waals surface area contributed by atoms with E-state index in [0.29, 0.717) is 11.8 Å². The Morgan fingerprint density at radius 3 is 2.59 bits per heavy atom.